The van der Waals surface area contributed by atoms with Crippen molar-refractivity contribution in [3.63, 3.8) is 0 Å². The van der Waals surface area contributed by atoms with E-state index >= 15 is 0 Å². The minimum Gasteiger partial charge on any atom is -0.301 e. The molecule has 1 atom stereocenters. The Morgan fingerprint density at radius 3 is 2.28 bits per heavy atom. The molecule has 1 unspecified atom stereocenters. The lowest BCUT2D eigenvalue weighted by Gasteiger charge is -2.09. The number of benzene rings is 2. The van der Waals surface area contributed by atoms with Crippen molar-refractivity contribution < 1.29 is 4.21 Å². The Morgan fingerprint density at radius 1 is 1.06 bits per heavy atom. The number of hydrogen-bond acceptors (Lipinski definition) is 1. The van der Waals surface area contributed by atoms with Crippen LogP contribution < -0.4 is 4.72 Å². The molecular weight excluding hydrogens is 242 g/mol. The monoisotopic (exact) mass is 257 g/mol. The van der Waals surface area contributed by atoms with Crippen molar-refractivity contribution in [1.29, 1.82) is 0 Å². The van der Waals surface area contributed by atoms with E-state index in [1.165, 1.54) is 0 Å². The van der Waals surface area contributed by atoms with Gasteiger partial charge < -0.3 is 4.72 Å². The maximum atomic E-state index is 12.1. The highest BCUT2D eigenvalue weighted by Gasteiger charge is 2.05. The molecule has 0 aromatic heterocycles. The third-order valence-corrected chi connectivity index (χ3v) is 3.71. The van der Waals surface area contributed by atoms with Gasteiger partial charge in [-0.05, 0) is 24.6 Å². The molecule has 0 heterocycles. The maximum Gasteiger partial charge on any atom is 0.150 e. The highest BCUT2D eigenvalue weighted by Crippen LogP contribution is 2.12. The molecule has 0 fully saturated rings. The van der Waals surface area contributed by atoms with Crippen LogP contribution in [0.3, 0.4) is 0 Å². The second-order valence-electron chi connectivity index (χ2n) is 4.03. The summed E-state index contributed by atoms with van der Waals surface area (Å²) in [6.45, 7) is 5.91. The van der Waals surface area contributed by atoms with Crippen LogP contribution in [0, 0.1) is 6.92 Å². The summed E-state index contributed by atoms with van der Waals surface area (Å²) < 4.78 is 15.0. The SMILES string of the molecule is C=C(NS(=O)c1ccc(C)cc1)c1ccccc1. The van der Waals surface area contributed by atoms with Crippen molar-refractivity contribution in [1.82, 2.24) is 4.72 Å². The number of hydrogen-bond donors (Lipinski definition) is 1. The van der Waals surface area contributed by atoms with Crippen LogP contribution in [-0.4, -0.2) is 4.21 Å². The summed E-state index contributed by atoms with van der Waals surface area (Å²) in [5, 5.41) is 0. The van der Waals surface area contributed by atoms with Crippen LogP contribution in [0.2, 0.25) is 0 Å². The maximum absolute atomic E-state index is 12.1. The van der Waals surface area contributed by atoms with Crippen LogP contribution in [0.15, 0.2) is 66.1 Å². The first kappa shape index (κ1) is 12.6. The smallest absolute Gasteiger partial charge is 0.150 e. The Hall–Kier alpha value is -1.87. The van der Waals surface area contributed by atoms with E-state index in [0.717, 1.165) is 16.0 Å². The highest BCUT2D eigenvalue weighted by atomic mass is 32.2. The summed E-state index contributed by atoms with van der Waals surface area (Å²) in [6, 6.07) is 17.3. The first-order valence-electron chi connectivity index (χ1n) is 5.66. The van der Waals surface area contributed by atoms with Crippen molar-refractivity contribution in [3.05, 3.63) is 72.3 Å². The zero-order chi connectivity index (χ0) is 13.0. The van der Waals surface area contributed by atoms with Gasteiger partial charge in [-0.3, -0.25) is 0 Å². The van der Waals surface area contributed by atoms with Gasteiger partial charge in [0, 0.05) is 5.70 Å². The molecule has 0 aliphatic rings. The zero-order valence-corrected chi connectivity index (χ0v) is 11.0. The Bertz CT molecular complexity index is 561. The summed E-state index contributed by atoms with van der Waals surface area (Å²) in [7, 11) is -1.27. The van der Waals surface area contributed by atoms with Crippen molar-refractivity contribution in [2.45, 2.75) is 11.8 Å². The standard InChI is InChI=1S/C15H15NOS/c1-12-8-10-15(11-9-12)18(17)16-13(2)14-6-4-3-5-7-14/h3-11,16H,2H2,1H3. The number of rotatable bonds is 4. The van der Waals surface area contributed by atoms with E-state index in [1.54, 1.807) is 0 Å². The summed E-state index contributed by atoms with van der Waals surface area (Å²) >= 11 is 0. The summed E-state index contributed by atoms with van der Waals surface area (Å²) in [5.74, 6) is 0. The van der Waals surface area contributed by atoms with Gasteiger partial charge >= 0.3 is 0 Å². The molecule has 0 aliphatic carbocycles. The fraction of sp³-hybridized carbons (Fsp3) is 0.0667. The van der Waals surface area contributed by atoms with Gasteiger partial charge in [-0.2, -0.15) is 0 Å². The molecule has 0 bridgehead atoms. The van der Waals surface area contributed by atoms with E-state index in [9.17, 15) is 4.21 Å². The molecule has 92 valence electrons. The van der Waals surface area contributed by atoms with E-state index < -0.39 is 11.0 Å². The molecule has 3 heteroatoms. The first-order valence-corrected chi connectivity index (χ1v) is 6.81. The van der Waals surface area contributed by atoms with Gasteiger partial charge in [0.2, 0.25) is 0 Å². The predicted molar refractivity (Wildman–Crippen MR) is 76.2 cm³/mol. The highest BCUT2D eigenvalue weighted by molar-refractivity contribution is 7.83. The van der Waals surface area contributed by atoms with Crippen molar-refractivity contribution in [2.75, 3.05) is 0 Å². The normalized spacial score (nSPS) is 11.8. The van der Waals surface area contributed by atoms with E-state index in [2.05, 4.69) is 11.3 Å². The molecule has 1 N–H and O–H groups in total. The summed E-state index contributed by atoms with van der Waals surface area (Å²) in [5.41, 5.74) is 2.75. The Morgan fingerprint density at radius 2 is 1.67 bits per heavy atom. The molecule has 2 rings (SSSR count). The number of aryl methyl sites for hydroxylation is 1. The van der Waals surface area contributed by atoms with Crippen LogP contribution in [0.25, 0.3) is 5.70 Å². The zero-order valence-electron chi connectivity index (χ0n) is 10.2. The lowest BCUT2D eigenvalue weighted by Crippen LogP contribution is -2.15. The topological polar surface area (TPSA) is 29.1 Å². The molecule has 2 nitrogen and oxygen atoms in total. The molecule has 0 spiro atoms. The van der Waals surface area contributed by atoms with E-state index in [1.807, 2.05) is 61.5 Å². The van der Waals surface area contributed by atoms with Crippen molar-refractivity contribution >= 4 is 16.7 Å². The van der Waals surface area contributed by atoms with Crippen LogP contribution >= 0.6 is 0 Å². The molecule has 2 aromatic carbocycles. The molecular formula is C15H15NOS. The van der Waals surface area contributed by atoms with Gasteiger partial charge in [0.15, 0.2) is 0 Å². The second-order valence-corrected chi connectivity index (χ2v) is 5.24. The van der Waals surface area contributed by atoms with Crippen LogP contribution in [0.4, 0.5) is 0 Å². The fourth-order valence-corrected chi connectivity index (χ4v) is 2.37. The number of nitrogens with one attached hydrogen (secondary N) is 1. The quantitative estimate of drug-likeness (QED) is 0.894. The molecule has 0 saturated carbocycles. The molecule has 0 amide bonds. The Kier molecular flexibility index (Phi) is 3.95. The predicted octanol–water partition coefficient (Wildman–Crippen LogP) is 3.28. The van der Waals surface area contributed by atoms with Gasteiger partial charge in [-0.15, -0.1) is 0 Å². The van der Waals surface area contributed by atoms with E-state index in [4.69, 9.17) is 0 Å². The summed E-state index contributed by atoms with van der Waals surface area (Å²) in [4.78, 5) is 0.748. The molecule has 0 radical (unpaired) electrons. The van der Waals surface area contributed by atoms with Gasteiger partial charge in [-0.25, -0.2) is 4.21 Å². The third kappa shape index (κ3) is 3.08. The van der Waals surface area contributed by atoms with Crippen LogP contribution in [0.5, 0.6) is 0 Å². The van der Waals surface area contributed by atoms with Gasteiger partial charge in [0.1, 0.15) is 11.0 Å². The van der Waals surface area contributed by atoms with Gasteiger partial charge in [-0.1, -0.05) is 54.6 Å². The Labute approximate surface area is 110 Å². The molecule has 18 heavy (non-hydrogen) atoms. The first-order chi connectivity index (χ1) is 8.66. The average Bonchev–Trinajstić information content (AvgIpc) is 2.40. The summed E-state index contributed by atoms with van der Waals surface area (Å²) in [6.07, 6.45) is 0. The van der Waals surface area contributed by atoms with E-state index in [-0.39, 0.29) is 0 Å². The largest absolute Gasteiger partial charge is 0.301 e. The van der Waals surface area contributed by atoms with E-state index in [0.29, 0.717) is 5.70 Å². The fourth-order valence-electron chi connectivity index (χ4n) is 1.53. The van der Waals surface area contributed by atoms with Crippen molar-refractivity contribution in [3.8, 4) is 0 Å². The minimum atomic E-state index is -1.27. The third-order valence-electron chi connectivity index (χ3n) is 2.57. The van der Waals surface area contributed by atoms with Gasteiger partial charge in [0.05, 0.1) is 4.90 Å². The van der Waals surface area contributed by atoms with Gasteiger partial charge in [0.25, 0.3) is 0 Å². The average molecular weight is 257 g/mol. The van der Waals surface area contributed by atoms with Crippen LogP contribution in [-0.2, 0) is 11.0 Å². The lowest BCUT2D eigenvalue weighted by molar-refractivity contribution is 0.680. The second kappa shape index (κ2) is 5.65. The Balaban J connectivity index is 2.08. The molecule has 2 aromatic rings. The minimum absolute atomic E-state index is 0.662. The van der Waals surface area contributed by atoms with Crippen molar-refractivity contribution in [2.24, 2.45) is 0 Å². The lowest BCUT2D eigenvalue weighted by atomic mass is 10.2. The molecule has 0 aliphatic heterocycles. The molecule has 0 saturated heterocycles. The van der Waals surface area contributed by atoms with Crippen LogP contribution in [0.1, 0.15) is 11.1 Å².